The Hall–Kier alpha value is -1.96. The summed E-state index contributed by atoms with van der Waals surface area (Å²) in [6.07, 6.45) is -1.56. The third kappa shape index (κ3) is 2.76. The summed E-state index contributed by atoms with van der Waals surface area (Å²) in [5.41, 5.74) is 4.97. The van der Waals surface area contributed by atoms with Crippen molar-refractivity contribution in [1.29, 1.82) is 0 Å². The van der Waals surface area contributed by atoms with Crippen LogP contribution in [0.2, 0.25) is 0 Å². The molecule has 2 aromatic rings. The van der Waals surface area contributed by atoms with Crippen molar-refractivity contribution in [3.63, 3.8) is 0 Å². The molecule has 0 radical (unpaired) electrons. The summed E-state index contributed by atoms with van der Waals surface area (Å²) in [7, 11) is 0. The van der Waals surface area contributed by atoms with E-state index < -0.39 is 11.9 Å². The summed E-state index contributed by atoms with van der Waals surface area (Å²) in [5.74, 6) is 0.619. The molecule has 0 atom stereocenters. The van der Waals surface area contributed by atoms with Gasteiger partial charge < -0.3 is 10.6 Å². The molecule has 0 bridgehead atoms. The van der Waals surface area contributed by atoms with E-state index in [1.165, 1.54) is 12.4 Å². The molecule has 0 unspecified atom stereocenters. The minimum Gasteiger partial charge on any atom is -0.356 e. The van der Waals surface area contributed by atoms with Gasteiger partial charge in [-0.05, 0) is 25.0 Å². The highest BCUT2D eigenvalue weighted by Crippen LogP contribution is 2.31. The maximum absolute atomic E-state index is 12.7. The minimum absolute atomic E-state index is 0.0599. The first-order valence-electron chi connectivity index (χ1n) is 6.64. The van der Waals surface area contributed by atoms with E-state index in [-0.39, 0.29) is 11.7 Å². The standard InChI is InChI=1S/C13H14F3N5/c14-13(15,16)10-2-1-9-11(20-10)18-7-19-12(9)21-5-3-8(17)4-6-21/h1-2,7-8H,3-6,17H2. The van der Waals surface area contributed by atoms with Gasteiger partial charge in [-0.25, -0.2) is 15.0 Å². The van der Waals surface area contributed by atoms with Crippen LogP contribution >= 0.6 is 0 Å². The molecule has 1 saturated heterocycles. The zero-order valence-corrected chi connectivity index (χ0v) is 11.1. The highest BCUT2D eigenvalue weighted by atomic mass is 19.4. The van der Waals surface area contributed by atoms with Crippen molar-refractivity contribution >= 4 is 16.9 Å². The Balaban J connectivity index is 2.01. The molecule has 8 heteroatoms. The summed E-state index contributed by atoms with van der Waals surface area (Å²) in [6.45, 7) is 1.46. The lowest BCUT2D eigenvalue weighted by atomic mass is 10.1. The zero-order chi connectivity index (χ0) is 15.0. The lowest BCUT2D eigenvalue weighted by Gasteiger charge is -2.31. The van der Waals surface area contributed by atoms with Crippen molar-refractivity contribution < 1.29 is 13.2 Å². The van der Waals surface area contributed by atoms with Crippen LogP contribution < -0.4 is 10.6 Å². The second-order valence-corrected chi connectivity index (χ2v) is 5.09. The Morgan fingerprint density at radius 3 is 2.52 bits per heavy atom. The molecule has 0 saturated carbocycles. The van der Waals surface area contributed by atoms with Gasteiger partial charge in [-0.15, -0.1) is 0 Å². The van der Waals surface area contributed by atoms with Crippen LogP contribution in [0.4, 0.5) is 19.0 Å². The normalized spacial score (nSPS) is 17.4. The maximum atomic E-state index is 12.7. The Kier molecular flexibility index (Phi) is 3.40. The Labute approximate surface area is 119 Å². The van der Waals surface area contributed by atoms with E-state index in [1.807, 2.05) is 4.90 Å². The molecule has 0 spiro atoms. The van der Waals surface area contributed by atoms with E-state index in [2.05, 4.69) is 15.0 Å². The summed E-state index contributed by atoms with van der Waals surface area (Å²) in [4.78, 5) is 13.7. The fourth-order valence-corrected chi connectivity index (χ4v) is 2.45. The van der Waals surface area contributed by atoms with Crippen LogP contribution in [0, 0.1) is 0 Å². The van der Waals surface area contributed by atoms with Crippen molar-refractivity contribution in [2.45, 2.75) is 25.1 Å². The van der Waals surface area contributed by atoms with Crippen LogP contribution in [0.25, 0.3) is 11.0 Å². The number of hydrogen-bond donors (Lipinski definition) is 1. The highest BCUT2D eigenvalue weighted by Gasteiger charge is 2.33. The van der Waals surface area contributed by atoms with Crippen molar-refractivity contribution in [1.82, 2.24) is 15.0 Å². The number of nitrogens with zero attached hydrogens (tertiary/aromatic N) is 4. The fourth-order valence-electron chi connectivity index (χ4n) is 2.45. The quantitative estimate of drug-likeness (QED) is 0.871. The number of halogens is 3. The molecule has 1 fully saturated rings. The molecular formula is C13H14F3N5. The summed E-state index contributed by atoms with van der Waals surface area (Å²) < 4.78 is 38.1. The predicted molar refractivity (Wildman–Crippen MR) is 71.8 cm³/mol. The molecule has 3 heterocycles. The smallest absolute Gasteiger partial charge is 0.356 e. The summed E-state index contributed by atoms with van der Waals surface area (Å²) in [5, 5.41) is 0.529. The SMILES string of the molecule is NC1CCN(c2ncnc3nc(C(F)(F)F)ccc23)CC1. The number of fused-ring (bicyclic) bond motifs is 1. The molecule has 2 N–H and O–H groups in total. The third-order valence-electron chi connectivity index (χ3n) is 3.61. The van der Waals surface area contributed by atoms with Crippen LogP contribution in [0.3, 0.4) is 0 Å². The number of anilines is 1. The predicted octanol–water partition coefficient (Wildman–Crippen LogP) is 1.97. The van der Waals surface area contributed by atoms with Crippen molar-refractivity contribution in [3.8, 4) is 0 Å². The monoisotopic (exact) mass is 297 g/mol. The molecule has 0 aromatic carbocycles. The zero-order valence-electron chi connectivity index (χ0n) is 11.1. The first-order valence-corrected chi connectivity index (χ1v) is 6.64. The topological polar surface area (TPSA) is 67.9 Å². The lowest BCUT2D eigenvalue weighted by molar-refractivity contribution is -0.141. The fraction of sp³-hybridized carbons (Fsp3) is 0.462. The van der Waals surface area contributed by atoms with Crippen molar-refractivity contribution in [2.24, 2.45) is 5.73 Å². The van der Waals surface area contributed by atoms with E-state index in [9.17, 15) is 13.2 Å². The Bertz CT molecular complexity index is 650. The second kappa shape index (κ2) is 5.10. The molecule has 3 rings (SSSR count). The second-order valence-electron chi connectivity index (χ2n) is 5.09. The number of pyridine rings is 1. The molecular weight excluding hydrogens is 283 g/mol. The van der Waals surface area contributed by atoms with Gasteiger partial charge in [0.05, 0.1) is 5.39 Å². The van der Waals surface area contributed by atoms with Gasteiger partial charge >= 0.3 is 6.18 Å². The number of alkyl halides is 3. The molecule has 2 aromatic heterocycles. The molecule has 1 aliphatic rings. The third-order valence-corrected chi connectivity index (χ3v) is 3.61. The van der Waals surface area contributed by atoms with Crippen LogP contribution in [0.1, 0.15) is 18.5 Å². The molecule has 1 aliphatic heterocycles. The maximum Gasteiger partial charge on any atom is 0.433 e. The van der Waals surface area contributed by atoms with Crippen LogP contribution in [0.15, 0.2) is 18.5 Å². The number of nitrogens with two attached hydrogens (primary N) is 1. The first-order chi connectivity index (χ1) is 9.95. The molecule has 5 nitrogen and oxygen atoms in total. The van der Waals surface area contributed by atoms with Gasteiger partial charge in [-0.3, -0.25) is 0 Å². The van der Waals surface area contributed by atoms with Gasteiger partial charge in [0.2, 0.25) is 0 Å². The van der Waals surface area contributed by atoms with Crippen molar-refractivity contribution in [3.05, 3.63) is 24.2 Å². The Morgan fingerprint density at radius 1 is 1.14 bits per heavy atom. The number of piperidine rings is 1. The highest BCUT2D eigenvalue weighted by molar-refractivity contribution is 5.86. The molecule has 0 amide bonds. The molecule has 112 valence electrons. The number of rotatable bonds is 1. The van der Waals surface area contributed by atoms with Gasteiger partial charge in [0, 0.05) is 19.1 Å². The largest absolute Gasteiger partial charge is 0.433 e. The average Bonchev–Trinajstić information content (AvgIpc) is 2.46. The van der Waals surface area contributed by atoms with E-state index in [4.69, 9.17) is 5.73 Å². The van der Waals surface area contributed by atoms with Gasteiger partial charge in [0.25, 0.3) is 0 Å². The van der Waals surface area contributed by atoms with Gasteiger partial charge in [-0.1, -0.05) is 0 Å². The number of hydrogen-bond acceptors (Lipinski definition) is 5. The summed E-state index contributed by atoms with van der Waals surface area (Å²) >= 11 is 0. The van der Waals surface area contributed by atoms with Gasteiger partial charge in [-0.2, -0.15) is 13.2 Å². The Morgan fingerprint density at radius 2 is 1.86 bits per heavy atom. The van der Waals surface area contributed by atoms with E-state index >= 15 is 0 Å². The van der Waals surface area contributed by atoms with E-state index in [0.29, 0.717) is 11.2 Å². The van der Waals surface area contributed by atoms with Gasteiger partial charge in [0.1, 0.15) is 17.8 Å². The minimum atomic E-state index is -4.48. The van der Waals surface area contributed by atoms with E-state index in [1.54, 1.807) is 0 Å². The molecule has 21 heavy (non-hydrogen) atoms. The van der Waals surface area contributed by atoms with Crippen molar-refractivity contribution in [2.75, 3.05) is 18.0 Å². The molecule has 0 aliphatic carbocycles. The number of aromatic nitrogens is 3. The van der Waals surface area contributed by atoms with Crippen LogP contribution in [-0.2, 0) is 6.18 Å². The van der Waals surface area contributed by atoms with Crippen LogP contribution in [0.5, 0.6) is 0 Å². The average molecular weight is 297 g/mol. The first kappa shape index (κ1) is 14.0. The van der Waals surface area contributed by atoms with E-state index in [0.717, 1.165) is 32.0 Å². The van der Waals surface area contributed by atoms with Gasteiger partial charge in [0.15, 0.2) is 5.65 Å². The van der Waals surface area contributed by atoms with Crippen LogP contribution in [-0.4, -0.2) is 34.1 Å². The summed E-state index contributed by atoms with van der Waals surface area (Å²) in [6, 6.07) is 2.52. The lowest BCUT2D eigenvalue weighted by Crippen LogP contribution is -2.40.